The van der Waals surface area contributed by atoms with Crippen molar-refractivity contribution >= 4 is 17.7 Å². The number of carbonyl (C=O) groups excluding carboxylic acids is 1. The van der Waals surface area contributed by atoms with Crippen LogP contribution in [0.25, 0.3) is 0 Å². The second-order valence-electron chi connectivity index (χ2n) is 5.90. The smallest absolute Gasteiger partial charge is 0.230 e. The number of thioether (sulfide) groups is 1. The molecule has 0 saturated heterocycles. The van der Waals surface area contributed by atoms with E-state index in [1.165, 1.54) is 11.8 Å². The van der Waals surface area contributed by atoms with E-state index in [0.29, 0.717) is 34.6 Å². The number of methoxy groups -OCH3 is 2. The monoisotopic (exact) mass is 411 g/mol. The molecule has 2 aromatic heterocycles. The summed E-state index contributed by atoms with van der Waals surface area (Å²) in [5.74, 6) is 2.64. The Kier molecular flexibility index (Phi) is 7.29. The maximum Gasteiger partial charge on any atom is 0.230 e. The van der Waals surface area contributed by atoms with Crippen LogP contribution in [0.4, 0.5) is 0 Å². The summed E-state index contributed by atoms with van der Waals surface area (Å²) in [6, 6.07) is 12.6. The molecule has 8 heteroatoms. The number of nitrogens with one attached hydrogen (secondary N) is 1. The first kappa shape index (κ1) is 20.5. The normalized spacial score (nSPS) is 10.3. The molecule has 0 radical (unpaired) electrons. The molecular weight excluding hydrogens is 390 g/mol. The minimum atomic E-state index is -0.0718. The Morgan fingerprint density at radius 1 is 0.931 bits per heavy atom. The third-order valence-electron chi connectivity index (χ3n) is 3.86. The number of amides is 1. The van der Waals surface area contributed by atoms with Crippen LogP contribution in [0.2, 0.25) is 0 Å². The van der Waals surface area contributed by atoms with Crippen molar-refractivity contribution < 1.29 is 19.0 Å². The van der Waals surface area contributed by atoms with E-state index in [0.717, 1.165) is 5.56 Å². The number of pyridine rings is 2. The van der Waals surface area contributed by atoms with Crippen LogP contribution in [0.15, 0.2) is 66.1 Å². The number of ether oxygens (including phenoxy) is 3. The molecule has 7 nitrogen and oxygen atoms in total. The van der Waals surface area contributed by atoms with Crippen LogP contribution in [0.5, 0.6) is 23.0 Å². The van der Waals surface area contributed by atoms with E-state index in [4.69, 9.17) is 14.2 Å². The Labute approximate surface area is 173 Å². The number of hydrogen-bond acceptors (Lipinski definition) is 7. The molecule has 0 fully saturated rings. The van der Waals surface area contributed by atoms with Crippen LogP contribution in [0, 0.1) is 0 Å². The third kappa shape index (κ3) is 6.39. The maximum atomic E-state index is 12.1. The average molecular weight is 411 g/mol. The lowest BCUT2D eigenvalue weighted by Gasteiger charge is -2.10. The highest BCUT2D eigenvalue weighted by Crippen LogP contribution is 2.31. The molecule has 1 N–H and O–H groups in total. The van der Waals surface area contributed by atoms with E-state index in [9.17, 15) is 4.79 Å². The highest BCUT2D eigenvalue weighted by molar-refractivity contribution is 7.99. The lowest BCUT2D eigenvalue weighted by molar-refractivity contribution is -0.118. The highest BCUT2D eigenvalue weighted by Gasteiger charge is 2.08. The molecule has 3 rings (SSSR count). The van der Waals surface area contributed by atoms with Crippen LogP contribution in [0.1, 0.15) is 5.56 Å². The number of carbonyl (C=O) groups is 1. The van der Waals surface area contributed by atoms with Gasteiger partial charge in [-0.25, -0.2) is 4.98 Å². The summed E-state index contributed by atoms with van der Waals surface area (Å²) in [5.41, 5.74) is 1.00. The van der Waals surface area contributed by atoms with Gasteiger partial charge in [-0.15, -0.1) is 0 Å². The van der Waals surface area contributed by atoms with Gasteiger partial charge in [-0.1, -0.05) is 11.8 Å². The summed E-state index contributed by atoms with van der Waals surface area (Å²) in [7, 11) is 3.17. The fourth-order valence-electron chi connectivity index (χ4n) is 2.40. The molecule has 0 spiro atoms. The highest BCUT2D eigenvalue weighted by atomic mass is 32.2. The van der Waals surface area contributed by atoms with Gasteiger partial charge in [0, 0.05) is 49.4 Å². The van der Waals surface area contributed by atoms with E-state index >= 15 is 0 Å². The maximum absolute atomic E-state index is 12.1. The molecule has 0 unspecified atom stereocenters. The first-order valence-electron chi connectivity index (χ1n) is 8.81. The Morgan fingerprint density at radius 3 is 2.31 bits per heavy atom. The van der Waals surface area contributed by atoms with Gasteiger partial charge in [-0.2, -0.15) is 0 Å². The lowest BCUT2D eigenvalue weighted by Crippen LogP contribution is -2.24. The molecule has 0 aliphatic carbocycles. The fourth-order valence-corrected chi connectivity index (χ4v) is 3.12. The molecule has 0 atom stereocenters. The largest absolute Gasteiger partial charge is 0.496 e. The summed E-state index contributed by atoms with van der Waals surface area (Å²) in [6.07, 6.45) is 5.04. The van der Waals surface area contributed by atoms with Gasteiger partial charge in [-0.05, 0) is 23.8 Å². The van der Waals surface area contributed by atoms with Gasteiger partial charge in [-0.3, -0.25) is 9.78 Å². The lowest BCUT2D eigenvalue weighted by atomic mass is 10.3. The van der Waals surface area contributed by atoms with Crippen LogP contribution >= 0.6 is 11.8 Å². The zero-order valence-corrected chi connectivity index (χ0v) is 16.9. The zero-order chi connectivity index (χ0) is 20.5. The van der Waals surface area contributed by atoms with Crippen LogP contribution in [-0.4, -0.2) is 35.8 Å². The second-order valence-corrected chi connectivity index (χ2v) is 6.90. The minimum absolute atomic E-state index is 0.0718. The SMILES string of the molecule is COc1cc(OC)cc(Oc2ccnc(SCC(=O)NCc3ccncc3)c2)c1. The summed E-state index contributed by atoms with van der Waals surface area (Å²) in [6.45, 7) is 0.468. The van der Waals surface area contributed by atoms with Crippen molar-refractivity contribution in [3.63, 3.8) is 0 Å². The molecule has 0 bridgehead atoms. The average Bonchev–Trinajstić information content (AvgIpc) is 2.77. The van der Waals surface area contributed by atoms with Gasteiger partial charge in [0.1, 0.15) is 28.0 Å². The van der Waals surface area contributed by atoms with Gasteiger partial charge in [0.15, 0.2) is 0 Å². The Balaban J connectivity index is 1.56. The van der Waals surface area contributed by atoms with Gasteiger partial charge in [0.05, 0.1) is 20.0 Å². The van der Waals surface area contributed by atoms with Crippen LogP contribution in [-0.2, 0) is 11.3 Å². The summed E-state index contributed by atoms with van der Waals surface area (Å²) in [5, 5.41) is 3.57. The standard InChI is InChI=1S/C21H21N3O4S/c1-26-17-9-18(27-2)11-19(10-17)28-16-5-8-23-21(12-16)29-14-20(25)24-13-15-3-6-22-7-4-15/h3-12H,13-14H2,1-2H3,(H,24,25). The van der Waals surface area contributed by atoms with E-state index in [1.807, 2.05) is 12.1 Å². The number of hydrogen-bond donors (Lipinski definition) is 1. The van der Waals surface area contributed by atoms with Gasteiger partial charge in [0.2, 0.25) is 5.91 Å². The van der Waals surface area contributed by atoms with Gasteiger partial charge >= 0.3 is 0 Å². The van der Waals surface area contributed by atoms with Crippen molar-refractivity contribution in [2.45, 2.75) is 11.6 Å². The Bertz CT molecular complexity index is 931. The van der Waals surface area contributed by atoms with Crippen molar-refractivity contribution in [2.75, 3.05) is 20.0 Å². The van der Waals surface area contributed by atoms with E-state index < -0.39 is 0 Å². The van der Waals surface area contributed by atoms with Crippen molar-refractivity contribution in [1.29, 1.82) is 0 Å². The minimum Gasteiger partial charge on any atom is -0.496 e. The molecule has 29 heavy (non-hydrogen) atoms. The predicted octanol–water partition coefficient (Wildman–Crippen LogP) is 3.69. The Morgan fingerprint density at radius 2 is 1.62 bits per heavy atom. The van der Waals surface area contributed by atoms with Crippen molar-refractivity contribution in [3.8, 4) is 23.0 Å². The first-order chi connectivity index (χ1) is 14.2. The van der Waals surface area contributed by atoms with E-state index in [2.05, 4.69) is 15.3 Å². The number of benzene rings is 1. The molecule has 0 saturated carbocycles. The molecule has 1 amide bonds. The fraction of sp³-hybridized carbons (Fsp3) is 0.190. The van der Waals surface area contributed by atoms with Gasteiger partial charge in [0.25, 0.3) is 0 Å². The molecular formula is C21H21N3O4S. The zero-order valence-electron chi connectivity index (χ0n) is 16.1. The molecule has 0 aliphatic heterocycles. The number of aromatic nitrogens is 2. The molecule has 150 valence electrons. The number of nitrogens with zero attached hydrogens (tertiary/aromatic N) is 2. The molecule has 1 aromatic carbocycles. The first-order valence-corrected chi connectivity index (χ1v) is 9.80. The topological polar surface area (TPSA) is 82.6 Å². The van der Waals surface area contributed by atoms with Crippen molar-refractivity contribution in [1.82, 2.24) is 15.3 Å². The third-order valence-corrected chi connectivity index (χ3v) is 4.78. The van der Waals surface area contributed by atoms with Crippen molar-refractivity contribution in [2.24, 2.45) is 0 Å². The summed E-state index contributed by atoms with van der Waals surface area (Å²) in [4.78, 5) is 20.3. The van der Waals surface area contributed by atoms with E-state index in [-0.39, 0.29) is 11.7 Å². The molecule has 3 aromatic rings. The predicted molar refractivity (Wildman–Crippen MR) is 111 cm³/mol. The quantitative estimate of drug-likeness (QED) is 0.538. The van der Waals surface area contributed by atoms with E-state index in [1.54, 1.807) is 63.1 Å². The molecule has 0 aliphatic rings. The second kappa shape index (κ2) is 10.3. The summed E-state index contributed by atoms with van der Waals surface area (Å²) >= 11 is 1.34. The molecule has 2 heterocycles. The van der Waals surface area contributed by atoms with Crippen LogP contribution < -0.4 is 19.5 Å². The summed E-state index contributed by atoms with van der Waals surface area (Å²) < 4.78 is 16.4. The number of rotatable bonds is 9. The van der Waals surface area contributed by atoms with Crippen molar-refractivity contribution in [3.05, 3.63) is 66.6 Å². The van der Waals surface area contributed by atoms with Crippen LogP contribution in [0.3, 0.4) is 0 Å². The Hall–Kier alpha value is -3.26. The van der Waals surface area contributed by atoms with Gasteiger partial charge < -0.3 is 19.5 Å².